The maximum absolute atomic E-state index is 15.2. The second-order valence-corrected chi connectivity index (χ2v) is 19.9. The molecule has 0 bridgehead atoms. The second-order valence-electron chi connectivity index (χ2n) is 18.3. The van der Waals surface area contributed by atoms with Gasteiger partial charge in [0.05, 0.1) is 22.3 Å². The molecule has 0 radical (unpaired) electrons. The molecule has 358 valence electrons. The lowest BCUT2D eigenvalue weighted by Crippen LogP contribution is -2.52. The molecule has 5 aliphatic heterocycles. The molecule has 17 nitrogen and oxygen atoms in total. The fourth-order valence-electron chi connectivity index (χ4n) is 10.1. The van der Waals surface area contributed by atoms with Gasteiger partial charge in [-0.1, -0.05) is 0 Å². The number of hydrogen-bond acceptors (Lipinski definition) is 12. The number of amides is 3. The third kappa shape index (κ3) is 9.33. The van der Waals surface area contributed by atoms with E-state index in [-0.39, 0.29) is 54.6 Å². The molecule has 0 spiro atoms. The van der Waals surface area contributed by atoms with E-state index in [0.29, 0.717) is 35.7 Å². The molecule has 69 heavy (non-hydrogen) atoms. The first-order valence-corrected chi connectivity index (χ1v) is 24.7. The molecule has 0 saturated carbocycles. The number of halogens is 2. The summed E-state index contributed by atoms with van der Waals surface area (Å²) in [6.07, 6.45) is 4.02. The number of carbonyl (C=O) groups is 3. The molecule has 0 aliphatic carbocycles. The van der Waals surface area contributed by atoms with Crippen LogP contribution in [-0.4, -0.2) is 121 Å². The minimum Gasteiger partial charge on any atom is -0.453 e. The van der Waals surface area contributed by atoms with Crippen LogP contribution in [0.1, 0.15) is 60.0 Å². The van der Waals surface area contributed by atoms with E-state index in [9.17, 15) is 37.2 Å². The molecule has 3 amide bonds. The lowest BCUT2D eigenvalue weighted by atomic mass is 9.93. The summed E-state index contributed by atoms with van der Waals surface area (Å²) >= 11 is 0. The maximum atomic E-state index is 15.2. The molecule has 5 aromatic rings. The number of rotatable bonds is 12. The molecular formula is C49H50F2N10O7S. The Morgan fingerprint density at radius 2 is 1.58 bits per heavy atom. The number of piperazine rings is 1. The number of hydrogen-bond donors (Lipinski definition) is 2. The van der Waals surface area contributed by atoms with Crippen LogP contribution in [0.4, 0.5) is 25.8 Å². The average molecular weight is 961 g/mol. The van der Waals surface area contributed by atoms with Gasteiger partial charge in [-0.25, -0.2) is 13.8 Å². The molecule has 6 heterocycles. The summed E-state index contributed by atoms with van der Waals surface area (Å²) in [4.78, 5) is 64.4. The quantitative estimate of drug-likeness (QED) is 0.158. The van der Waals surface area contributed by atoms with E-state index in [1.807, 2.05) is 36.4 Å². The Balaban J connectivity index is 0.715. The highest BCUT2D eigenvalue weighted by Gasteiger charge is 2.39. The van der Waals surface area contributed by atoms with Gasteiger partial charge < -0.3 is 19.4 Å². The Hall–Kier alpha value is -6.95. The standard InChI is InChI=1S/C49H50F2N10O7S/c50-33-16-20-59(29-33)69(66,67)55-43-10-8-41(51)46(40(43)27-52)68-37-6-9-42-39(26-37)49(65)61(30-53-42)35-3-1-34(2-4-35)57-18-14-31(15-19-57)13-17-56-21-23-58(24-22-56)36-5-7-38-32(25-36)28-60(48(38)64)44-11-12-45(62)54-47(44)63/h1-10,25-26,30-31,33,44,55H,11-24,28-29H2,(H,54,62,63)/t33-,44+/m1/s1. The third-order valence-corrected chi connectivity index (χ3v) is 15.5. The van der Waals surface area contributed by atoms with Crippen LogP contribution in [0, 0.1) is 23.1 Å². The van der Waals surface area contributed by atoms with Gasteiger partial charge in [-0.3, -0.25) is 38.7 Å². The highest BCUT2D eigenvalue weighted by molar-refractivity contribution is 7.90. The summed E-state index contributed by atoms with van der Waals surface area (Å²) in [5, 5.41) is 12.5. The molecule has 0 unspecified atom stereocenters. The van der Waals surface area contributed by atoms with Gasteiger partial charge in [0.2, 0.25) is 11.8 Å². The van der Waals surface area contributed by atoms with Crippen LogP contribution in [0.25, 0.3) is 16.6 Å². The summed E-state index contributed by atoms with van der Waals surface area (Å²) in [7, 11) is -4.24. The zero-order chi connectivity index (χ0) is 48.0. The average Bonchev–Trinajstić information content (AvgIpc) is 3.95. The number of carbonyl (C=O) groups excluding carboxylic acids is 3. The van der Waals surface area contributed by atoms with Crippen molar-refractivity contribution in [3.8, 4) is 23.3 Å². The summed E-state index contributed by atoms with van der Waals surface area (Å²) < 4.78 is 65.2. The number of fused-ring (bicyclic) bond motifs is 2. The first kappa shape index (κ1) is 45.8. The highest BCUT2D eigenvalue weighted by atomic mass is 32.2. The van der Waals surface area contributed by atoms with Crippen LogP contribution < -0.4 is 30.1 Å². The summed E-state index contributed by atoms with van der Waals surface area (Å²) in [6.45, 7) is 6.53. The molecule has 5 aliphatic rings. The van der Waals surface area contributed by atoms with Crippen LogP contribution in [0.5, 0.6) is 11.5 Å². The molecule has 1 aromatic heterocycles. The van der Waals surface area contributed by atoms with Crippen molar-refractivity contribution in [2.45, 2.75) is 57.3 Å². The lowest BCUT2D eigenvalue weighted by molar-refractivity contribution is -0.136. The van der Waals surface area contributed by atoms with Crippen LogP contribution in [0.15, 0.2) is 83.9 Å². The number of nitrogens with one attached hydrogen (secondary N) is 2. The SMILES string of the molecule is N#Cc1c(NS(=O)(=O)N2CC[C@@H](F)C2)ccc(F)c1Oc1ccc2ncn(-c3ccc(N4CCC(CCN5CCN(c6ccc7c(c6)CN([C@H]6CCC(=O)NC6=O)C7=O)CC5)CC4)cc3)c(=O)c2c1. The van der Waals surface area contributed by atoms with Gasteiger partial charge in [0.15, 0.2) is 11.6 Å². The molecule has 20 heteroatoms. The van der Waals surface area contributed by atoms with E-state index in [2.05, 4.69) is 35.8 Å². The zero-order valence-electron chi connectivity index (χ0n) is 37.7. The van der Waals surface area contributed by atoms with Crippen molar-refractivity contribution in [2.24, 2.45) is 5.92 Å². The fourth-order valence-corrected chi connectivity index (χ4v) is 11.4. The number of anilines is 3. The molecule has 4 aromatic carbocycles. The van der Waals surface area contributed by atoms with Crippen molar-refractivity contribution >= 4 is 55.9 Å². The fraction of sp³-hybridized carbons (Fsp3) is 0.388. The van der Waals surface area contributed by atoms with Crippen LogP contribution in [0.2, 0.25) is 0 Å². The normalized spacial score (nSPS) is 20.6. The number of benzene rings is 4. The van der Waals surface area contributed by atoms with Gasteiger partial charge in [-0.05, 0) is 123 Å². The predicted molar refractivity (Wildman–Crippen MR) is 253 cm³/mol. The van der Waals surface area contributed by atoms with E-state index >= 15 is 4.39 Å². The van der Waals surface area contributed by atoms with Gasteiger partial charge in [0.1, 0.15) is 35.9 Å². The number of imide groups is 1. The number of piperidine rings is 2. The number of alkyl halides is 1. The Labute approximate surface area is 397 Å². The molecule has 4 saturated heterocycles. The Bertz CT molecular complexity index is 3060. The van der Waals surface area contributed by atoms with Crippen molar-refractivity contribution in [2.75, 3.05) is 73.4 Å². The number of aromatic nitrogens is 2. The molecule has 2 atom stereocenters. The molecule has 4 fully saturated rings. The van der Waals surface area contributed by atoms with Crippen molar-refractivity contribution in [1.82, 2.24) is 29.0 Å². The lowest BCUT2D eigenvalue weighted by Gasteiger charge is -2.38. The van der Waals surface area contributed by atoms with Crippen LogP contribution in [-0.2, 0) is 26.3 Å². The van der Waals surface area contributed by atoms with Crippen molar-refractivity contribution in [1.29, 1.82) is 5.26 Å². The minimum absolute atomic E-state index is 0.0192. The van der Waals surface area contributed by atoms with Crippen molar-refractivity contribution in [3.05, 3.63) is 112 Å². The van der Waals surface area contributed by atoms with E-state index in [0.717, 1.165) is 98.5 Å². The summed E-state index contributed by atoms with van der Waals surface area (Å²) in [5.41, 5.74) is 3.56. The Morgan fingerprint density at radius 1 is 0.841 bits per heavy atom. The smallest absolute Gasteiger partial charge is 0.301 e. The Kier molecular flexibility index (Phi) is 12.5. The topological polar surface area (TPSA) is 194 Å². The van der Waals surface area contributed by atoms with Gasteiger partial charge in [-0.15, -0.1) is 0 Å². The van der Waals surface area contributed by atoms with E-state index in [1.54, 1.807) is 11.0 Å². The van der Waals surface area contributed by atoms with Crippen molar-refractivity contribution in [3.63, 3.8) is 0 Å². The number of ether oxygens (including phenoxy) is 1. The van der Waals surface area contributed by atoms with Crippen molar-refractivity contribution < 1.29 is 36.3 Å². The third-order valence-electron chi connectivity index (χ3n) is 14.0. The second kappa shape index (κ2) is 18.9. The predicted octanol–water partition coefficient (Wildman–Crippen LogP) is 5.08. The first-order valence-electron chi connectivity index (χ1n) is 23.3. The molecule has 10 rings (SSSR count). The molecule has 2 N–H and O–H groups in total. The first-order chi connectivity index (χ1) is 33.3. The summed E-state index contributed by atoms with van der Waals surface area (Å²) in [5.74, 6) is -1.71. The van der Waals surface area contributed by atoms with Gasteiger partial charge in [-0.2, -0.15) is 18.0 Å². The number of nitriles is 1. The molecular weight excluding hydrogens is 911 g/mol. The largest absolute Gasteiger partial charge is 0.453 e. The van der Waals surface area contributed by atoms with Gasteiger partial charge >= 0.3 is 10.2 Å². The van der Waals surface area contributed by atoms with E-state index < -0.39 is 51.0 Å². The zero-order valence-corrected chi connectivity index (χ0v) is 38.5. The summed E-state index contributed by atoms with van der Waals surface area (Å²) in [6, 6.07) is 21.3. The highest BCUT2D eigenvalue weighted by Crippen LogP contribution is 2.36. The van der Waals surface area contributed by atoms with Gasteiger partial charge in [0, 0.05) is 82.3 Å². The minimum atomic E-state index is -4.24. The van der Waals surface area contributed by atoms with E-state index in [4.69, 9.17) is 4.74 Å². The number of nitrogens with zero attached hydrogens (tertiary/aromatic N) is 8. The van der Waals surface area contributed by atoms with Gasteiger partial charge in [0.25, 0.3) is 11.5 Å². The van der Waals surface area contributed by atoms with E-state index in [1.165, 1.54) is 29.1 Å². The maximum Gasteiger partial charge on any atom is 0.301 e. The van der Waals surface area contributed by atoms with Crippen LogP contribution in [0.3, 0.4) is 0 Å². The monoisotopic (exact) mass is 960 g/mol. The van der Waals surface area contributed by atoms with Crippen LogP contribution >= 0.6 is 0 Å². The Morgan fingerprint density at radius 3 is 2.30 bits per heavy atom.